The predicted octanol–water partition coefficient (Wildman–Crippen LogP) is 5.05. The minimum Gasteiger partial charge on any atom is -0.378 e. The summed E-state index contributed by atoms with van der Waals surface area (Å²) >= 11 is 0. The number of carbonyl (C=O) groups is 1. The lowest BCUT2D eigenvalue weighted by Crippen LogP contribution is -2.46. The summed E-state index contributed by atoms with van der Waals surface area (Å²) in [5.41, 5.74) is 0.345. The van der Waals surface area contributed by atoms with Crippen LogP contribution in [-0.2, 0) is 14.3 Å². The first-order valence-electron chi connectivity index (χ1n) is 11.9. The van der Waals surface area contributed by atoms with E-state index in [4.69, 9.17) is 9.47 Å². The summed E-state index contributed by atoms with van der Waals surface area (Å²) in [6.07, 6.45) is 11.8. The number of carbonyl (C=O) groups excluding carboxylic acids is 1. The van der Waals surface area contributed by atoms with Crippen LogP contribution in [0.2, 0.25) is 0 Å². The van der Waals surface area contributed by atoms with Crippen LogP contribution in [0.5, 0.6) is 0 Å². The largest absolute Gasteiger partial charge is 0.378 e. The van der Waals surface area contributed by atoms with Crippen LogP contribution in [0.25, 0.3) is 0 Å². The highest BCUT2D eigenvalue weighted by Crippen LogP contribution is 2.51. The van der Waals surface area contributed by atoms with Gasteiger partial charge in [-0.2, -0.15) is 0 Å². The van der Waals surface area contributed by atoms with E-state index in [0.29, 0.717) is 17.4 Å². The summed E-state index contributed by atoms with van der Waals surface area (Å²) in [5, 5.41) is 0. The number of rotatable bonds is 7. The van der Waals surface area contributed by atoms with Gasteiger partial charge in [0.05, 0.1) is 12.2 Å². The Kier molecular flexibility index (Phi) is 7.83. The molecule has 4 nitrogen and oxygen atoms in total. The summed E-state index contributed by atoms with van der Waals surface area (Å²) in [6.45, 7) is 12.1. The van der Waals surface area contributed by atoms with Crippen molar-refractivity contribution in [2.24, 2.45) is 23.2 Å². The summed E-state index contributed by atoms with van der Waals surface area (Å²) in [4.78, 5) is 14.4. The SMILES string of the molecule is CC(=O)N(CCC1(C2CCC(C)CC2)CCOC(C(C)C)C1)CC1CCCO1. The van der Waals surface area contributed by atoms with E-state index in [9.17, 15) is 4.79 Å². The summed E-state index contributed by atoms with van der Waals surface area (Å²) in [5.74, 6) is 2.45. The third-order valence-electron chi connectivity index (χ3n) is 7.94. The Bertz CT molecular complexity index is 494. The number of amides is 1. The molecule has 3 rings (SSSR count). The molecule has 0 radical (unpaired) electrons. The molecular formula is C24H43NO3. The summed E-state index contributed by atoms with van der Waals surface area (Å²) < 4.78 is 12.0. The second-order valence-electron chi connectivity index (χ2n) is 10.3. The first kappa shape index (κ1) is 22.1. The van der Waals surface area contributed by atoms with E-state index in [0.717, 1.165) is 57.4 Å². The van der Waals surface area contributed by atoms with E-state index in [-0.39, 0.29) is 12.0 Å². The van der Waals surface area contributed by atoms with Crippen molar-refractivity contribution in [3.63, 3.8) is 0 Å². The molecule has 3 fully saturated rings. The molecule has 4 heteroatoms. The van der Waals surface area contributed by atoms with Crippen molar-refractivity contribution in [2.75, 3.05) is 26.3 Å². The van der Waals surface area contributed by atoms with Crippen molar-refractivity contribution < 1.29 is 14.3 Å². The minimum atomic E-state index is 0.204. The van der Waals surface area contributed by atoms with Gasteiger partial charge >= 0.3 is 0 Å². The first-order valence-corrected chi connectivity index (χ1v) is 11.9. The van der Waals surface area contributed by atoms with Crippen LogP contribution >= 0.6 is 0 Å². The van der Waals surface area contributed by atoms with E-state index < -0.39 is 0 Å². The number of hydrogen-bond acceptors (Lipinski definition) is 3. The molecule has 1 saturated carbocycles. The topological polar surface area (TPSA) is 38.8 Å². The van der Waals surface area contributed by atoms with Crippen LogP contribution < -0.4 is 0 Å². The number of nitrogens with zero attached hydrogens (tertiary/aromatic N) is 1. The Labute approximate surface area is 172 Å². The summed E-state index contributed by atoms with van der Waals surface area (Å²) in [7, 11) is 0. The van der Waals surface area contributed by atoms with E-state index >= 15 is 0 Å². The van der Waals surface area contributed by atoms with Gasteiger partial charge < -0.3 is 14.4 Å². The molecule has 2 saturated heterocycles. The minimum absolute atomic E-state index is 0.204. The van der Waals surface area contributed by atoms with Crippen molar-refractivity contribution >= 4 is 5.91 Å². The van der Waals surface area contributed by atoms with Gasteiger partial charge in [-0.15, -0.1) is 0 Å². The highest BCUT2D eigenvalue weighted by atomic mass is 16.5. The Morgan fingerprint density at radius 1 is 1.11 bits per heavy atom. The lowest BCUT2D eigenvalue weighted by molar-refractivity contribution is -0.133. The fraction of sp³-hybridized carbons (Fsp3) is 0.958. The van der Waals surface area contributed by atoms with Gasteiger partial charge in [0, 0.05) is 33.2 Å². The van der Waals surface area contributed by atoms with Gasteiger partial charge in [-0.25, -0.2) is 0 Å². The summed E-state index contributed by atoms with van der Waals surface area (Å²) in [6, 6.07) is 0. The average Bonchev–Trinajstić information content (AvgIpc) is 3.18. The van der Waals surface area contributed by atoms with Gasteiger partial charge in [0.2, 0.25) is 5.91 Å². The maximum atomic E-state index is 12.3. The van der Waals surface area contributed by atoms with Crippen LogP contribution in [0.4, 0.5) is 0 Å². The smallest absolute Gasteiger partial charge is 0.219 e. The standard InChI is InChI=1S/C24H43NO3/c1-18(2)23-16-24(12-15-28-23,21-9-7-19(3)8-10-21)11-13-25(20(4)26)17-22-6-5-14-27-22/h18-19,21-23H,5-17H2,1-4H3. The molecule has 0 aromatic heterocycles. The molecule has 3 aliphatic rings. The lowest BCUT2D eigenvalue weighted by Gasteiger charge is -2.50. The highest BCUT2D eigenvalue weighted by Gasteiger charge is 2.44. The molecule has 2 aliphatic heterocycles. The number of hydrogen-bond donors (Lipinski definition) is 0. The Balaban J connectivity index is 1.69. The van der Waals surface area contributed by atoms with E-state index in [2.05, 4.69) is 25.7 Å². The second kappa shape index (κ2) is 9.93. The maximum Gasteiger partial charge on any atom is 0.219 e. The van der Waals surface area contributed by atoms with E-state index in [1.165, 1.54) is 38.5 Å². The zero-order valence-electron chi connectivity index (χ0n) is 18.8. The quantitative estimate of drug-likeness (QED) is 0.607. The zero-order valence-corrected chi connectivity index (χ0v) is 18.8. The van der Waals surface area contributed by atoms with Crippen LogP contribution in [0.3, 0.4) is 0 Å². The molecule has 3 unspecified atom stereocenters. The molecule has 0 aromatic rings. The second-order valence-corrected chi connectivity index (χ2v) is 10.3. The van der Waals surface area contributed by atoms with Gasteiger partial charge in [-0.05, 0) is 68.1 Å². The molecule has 1 aliphatic carbocycles. The molecule has 162 valence electrons. The monoisotopic (exact) mass is 393 g/mol. The predicted molar refractivity (Wildman–Crippen MR) is 113 cm³/mol. The average molecular weight is 394 g/mol. The Hall–Kier alpha value is -0.610. The van der Waals surface area contributed by atoms with Gasteiger partial charge in [0.25, 0.3) is 0 Å². The zero-order chi connectivity index (χ0) is 20.1. The fourth-order valence-electron chi connectivity index (χ4n) is 5.85. The van der Waals surface area contributed by atoms with Gasteiger partial charge in [0.15, 0.2) is 0 Å². The van der Waals surface area contributed by atoms with Gasteiger partial charge in [-0.1, -0.05) is 33.6 Å². The Morgan fingerprint density at radius 2 is 1.86 bits per heavy atom. The van der Waals surface area contributed by atoms with Crippen molar-refractivity contribution in [3.05, 3.63) is 0 Å². The molecule has 1 amide bonds. The van der Waals surface area contributed by atoms with E-state index in [1.54, 1.807) is 6.92 Å². The van der Waals surface area contributed by atoms with Crippen LogP contribution in [0.1, 0.15) is 85.5 Å². The fourth-order valence-corrected chi connectivity index (χ4v) is 5.85. The molecule has 2 heterocycles. The van der Waals surface area contributed by atoms with Crippen molar-refractivity contribution in [1.29, 1.82) is 0 Å². The normalized spacial score (nSPS) is 36.6. The van der Waals surface area contributed by atoms with Gasteiger partial charge in [0.1, 0.15) is 0 Å². The Morgan fingerprint density at radius 3 is 2.46 bits per heavy atom. The third-order valence-corrected chi connectivity index (χ3v) is 7.94. The van der Waals surface area contributed by atoms with Gasteiger partial charge in [-0.3, -0.25) is 4.79 Å². The highest BCUT2D eigenvalue weighted by molar-refractivity contribution is 5.73. The number of ether oxygens (including phenoxy) is 2. The molecule has 0 N–H and O–H groups in total. The molecular weight excluding hydrogens is 350 g/mol. The molecule has 0 spiro atoms. The van der Waals surface area contributed by atoms with Crippen LogP contribution in [0, 0.1) is 23.2 Å². The van der Waals surface area contributed by atoms with E-state index in [1.807, 2.05) is 0 Å². The molecule has 3 atom stereocenters. The van der Waals surface area contributed by atoms with Crippen LogP contribution in [-0.4, -0.2) is 49.3 Å². The van der Waals surface area contributed by atoms with Crippen LogP contribution in [0.15, 0.2) is 0 Å². The molecule has 0 bridgehead atoms. The third kappa shape index (κ3) is 5.50. The molecule has 0 aromatic carbocycles. The van der Waals surface area contributed by atoms with Crippen molar-refractivity contribution in [1.82, 2.24) is 4.90 Å². The van der Waals surface area contributed by atoms with Crippen molar-refractivity contribution in [2.45, 2.75) is 97.7 Å². The van der Waals surface area contributed by atoms with Crippen molar-refractivity contribution in [3.8, 4) is 0 Å². The molecule has 28 heavy (non-hydrogen) atoms. The maximum absolute atomic E-state index is 12.3. The first-order chi connectivity index (χ1) is 13.4. The lowest BCUT2D eigenvalue weighted by atomic mass is 9.60.